The van der Waals surface area contributed by atoms with Crippen LogP contribution in [0.5, 0.6) is 5.75 Å². The highest BCUT2D eigenvalue weighted by Gasteiger charge is 2.53. The van der Waals surface area contributed by atoms with Crippen molar-refractivity contribution in [2.75, 3.05) is 13.2 Å². The molecule has 1 aliphatic heterocycles. The van der Waals surface area contributed by atoms with E-state index in [1.54, 1.807) is 0 Å². The minimum Gasteiger partial charge on any atom is -0.492 e. The van der Waals surface area contributed by atoms with Crippen LogP contribution in [0.4, 0.5) is 4.79 Å². The van der Waals surface area contributed by atoms with Crippen LogP contribution in [-0.2, 0) is 16.8 Å². The van der Waals surface area contributed by atoms with Crippen LogP contribution in [0.15, 0.2) is 42.5 Å². The fraction of sp³-hybridized carbons (Fsp3) is 0.391. The summed E-state index contributed by atoms with van der Waals surface area (Å²) in [6.07, 6.45) is 3.52. The highest BCUT2D eigenvalue weighted by molar-refractivity contribution is 6.07. The Labute approximate surface area is 165 Å². The Balaban J connectivity index is 1.51. The molecule has 2 aromatic rings. The fourth-order valence-corrected chi connectivity index (χ4v) is 4.45. The first-order valence-electron chi connectivity index (χ1n) is 9.93. The number of benzene rings is 2. The molecule has 1 atom stereocenters. The van der Waals surface area contributed by atoms with Gasteiger partial charge in [0.2, 0.25) is 0 Å². The molecule has 2 aliphatic rings. The van der Waals surface area contributed by atoms with Crippen LogP contribution in [0.3, 0.4) is 0 Å². The van der Waals surface area contributed by atoms with Crippen molar-refractivity contribution in [2.45, 2.75) is 45.1 Å². The van der Waals surface area contributed by atoms with Crippen molar-refractivity contribution in [3.05, 3.63) is 64.7 Å². The second kappa shape index (κ2) is 7.30. The molecule has 3 amide bonds. The molecule has 146 valence electrons. The summed E-state index contributed by atoms with van der Waals surface area (Å²) < 4.78 is 5.82. The minimum absolute atomic E-state index is 0.157. The Hall–Kier alpha value is -2.82. The molecule has 1 aliphatic carbocycles. The monoisotopic (exact) mass is 378 g/mol. The number of ether oxygens (including phenoxy) is 1. The van der Waals surface area contributed by atoms with Gasteiger partial charge in [0.1, 0.15) is 17.9 Å². The van der Waals surface area contributed by atoms with Crippen LogP contribution in [-0.4, -0.2) is 30.0 Å². The van der Waals surface area contributed by atoms with Crippen molar-refractivity contribution in [1.29, 1.82) is 0 Å². The molecule has 0 bridgehead atoms. The van der Waals surface area contributed by atoms with Crippen molar-refractivity contribution in [3.63, 3.8) is 0 Å². The van der Waals surface area contributed by atoms with E-state index in [2.05, 4.69) is 17.4 Å². The first-order chi connectivity index (χ1) is 13.5. The lowest BCUT2D eigenvalue weighted by Crippen LogP contribution is -2.44. The molecule has 0 radical (unpaired) electrons. The quantitative estimate of drug-likeness (QED) is 0.822. The molecule has 1 fully saturated rings. The molecule has 0 unspecified atom stereocenters. The number of rotatable bonds is 4. The van der Waals surface area contributed by atoms with Gasteiger partial charge in [0.15, 0.2) is 0 Å². The van der Waals surface area contributed by atoms with E-state index in [0.29, 0.717) is 6.42 Å². The standard InChI is InChI=1S/C23H26N2O3/c1-16-13-17(2)15-19(14-16)28-12-11-25-21(26)23(24-22(25)27)10-6-5-8-18-7-3-4-9-20(18)23/h3-4,7,9,13-15H,5-6,8,10-12H2,1-2H3,(H,24,27)/t23-/m0/s1. The van der Waals surface area contributed by atoms with E-state index in [1.165, 1.54) is 4.90 Å². The Morgan fingerprint density at radius 3 is 2.61 bits per heavy atom. The molecule has 1 saturated heterocycles. The zero-order valence-corrected chi connectivity index (χ0v) is 16.5. The lowest BCUT2D eigenvalue weighted by atomic mass is 9.84. The third kappa shape index (κ3) is 3.26. The number of imide groups is 1. The maximum Gasteiger partial charge on any atom is 0.325 e. The zero-order valence-electron chi connectivity index (χ0n) is 16.5. The van der Waals surface area contributed by atoms with E-state index >= 15 is 0 Å². The molecule has 0 saturated carbocycles. The molecule has 28 heavy (non-hydrogen) atoms. The number of aryl methyl sites for hydroxylation is 3. The Bertz CT molecular complexity index is 904. The van der Waals surface area contributed by atoms with Crippen LogP contribution in [0.25, 0.3) is 0 Å². The second-order valence-corrected chi connectivity index (χ2v) is 7.83. The maximum absolute atomic E-state index is 13.3. The lowest BCUT2D eigenvalue weighted by Gasteiger charge is -2.27. The molecular formula is C23H26N2O3. The van der Waals surface area contributed by atoms with Crippen molar-refractivity contribution >= 4 is 11.9 Å². The van der Waals surface area contributed by atoms with Gasteiger partial charge in [0.25, 0.3) is 5.91 Å². The number of amides is 3. The summed E-state index contributed by atoms with van der Waals surface area (Å²) in [6, 6.07) is 13.7. The fourth-order valence-electron chi connectivity index (χ4n) is 4.45. The predicted octanol–water partition coefficient (Wildman–Crippen LogP) is 3.86. The number of nitrogens with one attached hydrogen (secondary N) is 1. The summed E-state index contributed by atoms with van der Waals surface area (Å²) in [4.78, 5) is 27.3. The molecule has 1 heterocycles. The van der Waals surface area contributed by atoms with Crippen LogP contribution in [0.1, 0.15) is 41.5 Å². The highest BCUT2D eigenvalue weighted by Crippen LogP contribution is 2.38. The normalized spacial score (nSPS) is 21.4. The summed E-state index contributed by atoms with van der Waals surface area (Å²) in [5, 5.41) is 3.01. The smallest absolute Gasteiger partial charge is 0.325 e. The van der Waals surface area contributed by atoms with Crippen molar-refractivity contribution in [3.8, 4) is 5.75 Å². The van der Waals surface area contributed by atoms with Gasteiger partial charge in [-0.1, -0.05) is 30.3 Å². The number of hydrogen-bond donors (Lipinski definition) is 1. The predicted molar refractivity (Wildman–Crippen MR) is 107 cm³/mol. The van der Waals surface area contributed by atoms with E-state index in [9.17, 15) is 9.59 Å². The summed E-state index contributed by atoms with van der Waals surface area (Å²) in [5.74, 6) is 0.606. The number of carbonyl (C=O) groups is 2. The minimum atomic E-state index is -0.926. The average Bonchev–Trinajstić information content (AvgIpc) is 2.80. The molecular weight excluding hydrogens is 352 g/mol. The number of carbonyl (C=O) groups excluding carboxylic acids is 2. The number of nitrogens with zero attached hydrogens (tertiary/aromatic N) is 1. The van der Waals surface area contributed by atoms with Gasteiger partial charge in [-0.2, -0.15) is 0 Å². The molecule has 5 nitrogen and oxygen atoms in total. The molecule has 4 rings (SSSR count). The second-order valence-electron chi connectivity index (χ2n) is 7.83. The summed E-state index contributed by atoms with van der Waals surface area (Å²) >= 11 is 0. The molecule has 5 heteroatoms. The third-order valence-corrected chi connectivity index (χ3v) is 5.68. The zero-order chi connectivity index (χ0) is 19.7. The Morgan fingerprint density at radius 1 is 1.07 bits per heavy atom. The Kier molecular flexibility index (Phi) is 4.84. The number of hydrogen-bond acceptors (Lipinski definition) is 3. The van der Waals surface area contributed by atoms with Gasteiger partial charge in [0.05, 0.1) is 6.54 Å². The third-order valence-electron chi connectivity index (χ3n) is 5.68. The Morgan fingerprint density at radius 2 is 1.82 bits per heavy atom. The van der Waals surface area contributed by atoms with Crippen molar-refractivity contribution in [1.82, 2.24) is 10.2 Å². The average molecular weight is 378 g/mol. The van der Waals surface area contributed by atoms with Gasteiger partial charge in [-0.3, -0.25) is 9.69 Å². The topological polar surface area (TPSA) is 58.6 Å². The van der Waals surface area contributed by atoms with Crippen molar-refractivity contribution < 1.29 is 14.3 Å². The van der Waals surface area contributed by atoms with Gasteiger partial charge in [0, 0.05) is 0 Å². The first kappa shape index (κ1) is 18.5. The van der Waals surface area contributed by atoms with Crippen LogP contribution in [0, 0.1) is 13.8 Å². The molecule has 0 aromatic heterocycles. The highest BCUT2D eigenvalue weighted by atomic mass is 16.5. The van der Waals surface area contributed by atoms with E-state index in [1.807, 2.05) is 44.2 Å². The van der Waals surface area contributed by atoms with Gasteiger partial charge in [-0.05, 0) is 73.9 Å². The van der Waals surface area contributed by atoms with E-state index in [-0.39, 0.29) is 25.1 Å². The van der Waals surface area contributed by atoms with E-state index in [0.717, 1.165) is 47.3 Å². The number of urea groups is 1. The largest absolute Gasteiger partial charge is 0.492 e. The van der Waals surface area contributed by atoms with Gasteiger partial charge >= 0.3 is 6.03 Å². The van der Waals surface area contributed by atoms with Crippen molar-refractivity contribution in [2.24, 2.45) is 0 Å². The van der Waals surface area contributed by atoms with E-state index < -0.39 is 5.54 Å². The summed E-state index contributed by atoms with van der Waals surface area (Å²) in [5.41, 5.74) is 3.42. The van der Waals surface area contributed by atoms with Gasteiger partial charge < -0.3 is 10.1 Å². The number of fused-ring (bicyclic) bond motifs is 2. The SMILES string of the molecule is Cc1cc(C)cc(OCCN2C(=O)N[C@]3(CCCCc4ccccc43)C2=O)c1. The summed E-state index contributed by atoms with van der Waals surface area (Å²) in [6.45, 7) is 4.55. The van der Waals surface area contributed by atoms with Crippen LogP contribution in [0.2, 0.25) is 0 Å². The van der Waals surface area contributed by atoms with E-state index in [4.69, 9.17) is 4.74 Å². The van der Waals surface area contributed by atoms with Gasteiger partial charge in [-0.25, -0.2) is 4.79 Å². The molecule has 1 spiro atoms. The molecule has 1 N–H and O–H groups in total. The first-order valence-corrected chi connectivity index (χ1v) is 9.93. The molecule has 2 aromatic carbocycles. The van der Waals surface area contributed by atoms with Gasteiger partial charge in [-0.15, -0.1) is 0 Å². The lowest BCUT2D eigenvalue weighted by molar-refractivity contribution is -0.132. The van der Waals surface area contributed by atoms with Crippen LogP contribution >= 0.6 is 0 Å². The maximum atomic E-state index is 13.3. The summed E-state index contributed by atoms with van der Waals surface area (Å²) in [7, 11) is 0. The van der Waals surface area contributed by atoms with Crippen LogP contribution < -0.4 is 10.1 Å².